The first-order valence-electron chi connectivity index (χ1n) is 5.51. The Balaban J connectivity index is 2.72. The number of halogens is 1. The maximum atomic E-state index is 11.6. The Bertz CT molecular complexity index is 691. The zero-order valence-electron chi connectivity index (χ0n) is 10.1. The van der Waals surface area contributed by atoms with Crippen LogP contribution in [0.4, 0.5) is 0 Å². The van der Waals surface area contributed by atoms with Gasteiger partial charge < -0.3 is 0 Å². The van der Waals surface area contributed by atoms with E-state index in [0.29, 0.717) is 5.56 Å². The van der Waals surface area contributed by atoms with Crippen LogP contribution >= 0.6 is 10.7 Å². The smallest absolute Gasteiger partial charge is 0.207 e. The molecule has 0 bridgehead atoms. The summed E-state index contributed by atoms with van der Waals surface area (Å²) >= 11 is 0. The van der Waals surface area contributed by atoms with Crippen molar-refractivity contribution in [1.82, 2.24) is 0 Å². The number of rotatable bonds is 2. The maximum absolute atomic E-state index is 11.6. The van der Waals surface area contributed by atoms with Crippen molar-refractivity contribution in [3.63, 3.8) is 0 Å². The summed E-state index contributed by atoms with van der Waals surface area (Å²) in [5.41, 5.74) is 3.70. The van der Waals surface area contributed by atoms with Crippen LogP contribution in [0.2, 0.25) is 0 Å². The standard InChI is InChI=1S/C14H13ClO2S/c1-10-7-8-12(11(2)9-10)13-5-3-4-6-14(13)18(15,16)17/h3-9H,1-2H3. The fourth-order valence-electron chi connectivity index (χ4n) is 2.02. The lowest BCUT2D eigenvalue weighted by Crippen LogP contribution is -1.95. The monoisotopic (exact) mass is 280 g/mol. The molecule has 0 aliphatic heterocycles. The largest absolute Gasteiger partial charge is 0.261 e. The van der Waals surface area contributed by atoms with E-state index in [1.807, 2.05) is 32.0 Å². The molecule has 2 nitrogen and oxygen atoms in total. The second-order valence-electron chi connectivity index (χ2n) is 4.25. The average molecular weight is 281 g/mol. The summed E-state index contributed by atoms with van der Waals surface area (Å²) in [5.74, 6) is 0. The normalized spacial score (nSPS) is 11.5. The average Bonchev–Trinajstić information content (AvgIpc) is 2.28. The zero-order chi connectivity index (χ0) is 13.3. The summed E-state index contributed by atoms with van der Waals surface area (Å²) in [7, 11) is 1.73. The van der Waals surface area contributed by atoms with Gasteiger partial charge in [-0.3, -0.25) is 0 Å². The van der Waals surface area contributed by atoms with Gasteiger partial charge in [0.25, 0.3) is 9.05 Å². The van der Waals surface area contributed by atoms with E-state index in [0.717, 1.165) is 16.7 Å². The molecule has 0 atom stereocenters. The molecule has 94 valence electrons. The van der Waals surface area contributed by atoms with Crippen LogP contribution in [0.15, 0.2) is 47.4 Å². The Labute approximate surface area is 112 Å². The van der Waals surface area contributed by atoms with Crippen LogP contribution in [0.3, 0.4) is 0 Å². The van der Waals surface area contributed by atoms with Gasteiger partial charge in [0.15, 0.2) is 0 Å². The van der Waals surface area contributed by atoms with Crippen molar-refractivity contribution in [2.75, 3.05) is 0 Å². The van der Waals surface area contributed by atoms with E-state index in [-0.39, 0.29) is 4.90 Å². The highest BCUT2D eigenvalue weighted by molar-refractivity contribution is 8.13. The molecule has 4 heteroatoms. The molecule has 0 aromatic heterocycles. The molecular formula is C14H13ClO2S. The SMILES string of the molecule is Cc1ccc(-c2ccccc2S(=O)(=O)Cl)c(C)c1. The summed E-state index contributed by atoms with van der Waals surface area (Å²) < 4.78 is 23.1. The topological polar surface area (TPSA) is 34.1 Å². The minimum Gasteiger partial charge on any atom is -0.207 e. The first-order chi connectivity index (χ1) is 8.39. The van der Waals surface area contributed by atoms with Crippen LogP contribution in [-0.2, 0) is 9.05 Å². The van der Waals surface area contributed by atoms with E-state index in [2.05, 4.69) is 0 Å². The predicted molar refractivity (Wildman–Crippen MR) is 74.4 cm³/mol. The van der Waals surface area contributed by atoms with Crippen molar-refractivity contribution in [2.45, 2.75) is 18.7 Å². The number of benzene rings is 2. The van der Waals surface area contributed by atoms with Gasteiger partial charge in [-0.2, -0.15) is 0 Å². The van der Waals surface area contributed by atoms with E-state index in [1.54, 1.807) is 18.2 Å². The van der Waals surface area contributed by atoms with Gasteiger partial charge >= 0.3 is 0 Å². The van der Waals surface area contributed by atoms with E-state index in [4.69, 9.17) is 10.7 Å². The van der Waals surface area contributed by atoms with Gasteiger partial charge in [0.2, 0.25) is 0 Å². The molecule has 18 heavy (non-hydrogen) atoms. The lowest BCUT2D eigenvalue weighted by Gasteiger charge is -2.10. The molecule has 2 aromatic rings. The third-order valence-corrected chi connectivity index (χ3v) is 4.20. The van der Waals surface area contributed by atoms with Crippen LogP contribution in [-0.4, -0.2) is 8.42 Å². The number of hydrogen-bond acceptors (Lipinski definition) is 2. The Morgan fingerprint density at radius 3 is 2.22 bits per heavy atom. The lowest BCUT2D eigenvalue weighted by atomic mass is 9.99. The summed E-state index contributed by atoms with van der Waals surface area (Å²) in [6, 6.07) is 12.7. The molecule has 0 spiro atoms. The Kier molecular flexibility index (Phi) is 3.46. The Morgan fingerprint density at radius 2 is 1.61 bits per heavy atom. The molecule has 0 N–H and O–H groups in total. The van der Waals surface area contributed by atoms with Crippen molar-refractivity contribution in [1.29, 1.82) is 0 Å². The fraction of sp³-hybridized carbons (Fsp3) is 0.143. The molecule has 0 saturated heterocycles. The van der Waals surface area contributed by atoms with Gasteiger partial charge in [-0.1, -0.05) is 42.0 Å². The van der Waals surface area contributed by atoms with Crippen LogP contribution < -0.4 is 0 Å². The molecule has 0 amide bonds. The molecule has 2 rings (SSSR count). The second-order valence-corrected chi connectivity index (χ2v) is 6.79. The molecule has 0 fully saturated rings. The third-order valence-electron chi connectivity index (χ3n) is 2.82. The Morgan fingerprint density at radius 1 is 0.944 bits per heavy atom. The van der Waals surface area contributed by atoms with Crippen molar-refractivity contribution in [2.24, 2.45) is 0 Å². The van der Waals surface area contributed by atoms with E-state index >= 15 is 0 Å². The molecule has 0 aliphatic carbocycles. The van der Waals surface area contributed by atoms with E-state index in [9.17, 15) is 8.42 Å². The van der Waals surface area contributed by atoms with Crippen LogP contribution in [0.5, 0.6) is 0 Å². The first-order valence-corrected chi connectivity index (χ1v) is 7.82. The maximum Gasteiger partial charge on any atom is 0.261 e. The molecule has 0 unspecified atom stereocenters. The number of aryl methyl sites for hydroxylation is 2. The van der Waals surface area contributed by atoms with E-state index < -0.39 is 9.05 Å². The fourth-order valence-corrected chi connectivity index (χ4v) is 3.10. The van der Waals surface area contributed by atoms with Crippen molar-refractivity contribution in [3.8, 4) is 11.1 Å². The van der Waals surface area contributed by atoms with Gasteiger partial charge in [-0.15, -0.1) is 0 Å². The van der Waals surface area contributed by atoms with Gasteiger partial charge in [0.05, 0.1) is 4.90 Å². The molecule has 2 aromatic carbocycles. The zero-order valence-corrected chi connectivity index (χ0v) is 11.7. The van der Waals surface area contributed by atoms with E-state index in [1.165, 1.54) is 6.07 Å². The van der Waals surface area contributed by atoms with Gasteiger partial charge in [-0.05, 0) is 31.0 Å². The highest BCUT2D eigenvalue weighted by atomic mass is 35.7. The second kappa shape index (κ2) is 4.75. The van der Waals surface area contributed by atoms with Crippen LogP contribution in [0, 0.1) is 13.8 Å². The Hall–Kier alpha value is -1.32. The highest BCUT2D eigenvalue weighted by Gasteiger charge is 2.16. The summed E-state index contributed by atoms with van der Waals surface area (Å²) in [4.78, 5) is 0.151. The van der Waals surface area contributed by atoms with Crippen LogP contribution in [0.1, 0.15) is 11.1 Å². The van der Waals surface area contributed by atoms with Gasteiger partial charge in [-0.25, -0.2) is 8.42 Å². The van der Waals surface area contributed by atoms with Crippen molar-refractivity contribution < 1.29 is 8.42 Å². The quantitative estimate of drug-likeness (QED) is 0.782. The summed E-state index contributed by atoms with van der Waals surface area (Å²) in [6.45, 7) is 3.96. The summed E-state index contributed by atoms with van der Waals surface area (Å²) in [5, 5.41) is 0. The molecule has 0 radical (unpaired) electrons. The lowest BCUT2D eigenvalue weighted by molar-refractivity contribution is 0.610. The predicted octanol–water partition coefficient (Wildman–Crippen LogP) is 3.90. The van der Waals surface area contributed by atoms with Crippen molar-refractivity contribution >= 4 is 19.7 Å². The highest BCUT2D eigenvalue weighted by Crippen LogP contribution is 2.31. The first kappa shape index (κ1) is 13.1. The third kappa shape index (κ3) is 2.57. The molecule has 0 aliphatic rings. The molecule has 0 heterocycles. The minimum atomic E-state index is -3.74. The van der Waals surface area contributed by atoms with Crippen LogP contribution in [0.25, 0.3) is 11.1 Å². The molecule has 0 saturated carbocycles. The summed E-state index contributed by atoms with van der Waals surface area (Å²) in [6.07, 6.45) is 0. The molecular weight excluding hydrogens is 268 g/mol. The minimum absolute atomic E-state index is 0.151. The number of hydrogen-bond donors (Lipinski definition) is 0. The van der Waals surface area contributed by atoms with Gasteiger partial charge in [0, 0.05) is 16.2 Å². The van der Waals surface area contributed by atoms with Gasteiger partial charge in [0.1, 0.15) is 0 Å². The van der Waals surface area contributed by atoms with Crippen molar-refractivity contribution in [3.05, 3.63) is 53.6 Å².